The maximum absolute atomic E-state index is 13.4. The van der Waals surface area contributed by atoms with Crippen LogP contribution < -0.4 is 5.32 Å². The molecule has 1 aromatic rings. The Kier molecular flexibility index (Phi) is 8.90. The number of alkyl halides is 3. The number of hydrogen-bond donors (Lipinski definition) is 1. The SMILES string of the molecule is Cl.Cl.O=[N+]([O-])c1ccc(F)cc1[C@@H](CC(F)(F)F)N1CCNCC1. The van der Waals surface area contributed by atoms with Crippen LogP contribution in [0, 0.1) is 15.9 Å². The van der Waals surface area contributed by atoms with E-state index in [1.54, 1.807) is 0 Å². The summed E-state index contributed by atoms with van der Waals surface area (Å²) in [4.78, 5) is 11.8. The number of nitrogens with zero attached hydrogens (tertiary/aromatic N) is 2. The molecule has 0 spiro atoms. The second kappa shape index (κ2) is 9.36. The summed E-state index contributed by atoms with van der Waals surface area (Å²) >= 11 is 0. The van der Waals surface area contributed by atoms with Gasteiger partial charge in [0, 0.05) is 32.2 Å². The second-order valence-electron chi connectivity index (χ2n) is 5.08. The predicted molar refractivity (Wildman–Crippen MR) is 85.4 cm³/mol. The molecule has 0 amide bonds. The van der Waals surface area contributed by atoms with E-state index in [1.165, 1.54) is 4.90 Å². The molecule has 2 rings (SSSR count). The van der Waals surface area contributed by atoms with Gasteiger partial charge in [-0.05, 0) is 12.1 Å². The molecule has 1 atom stereocenters. The monoisotopic (exact) mass is 393 g/mol. The Morgan fingerprint density at radius 1 is 1.25 bits per heavy atom. The Morgan fingerprint density at radius 3 is 2.33 bits per heavy atom. The number of piperazine rings is 1. The molecule has 0 aromatic heterocycles. The summed E-state index contributed by atoms with van der Waals surface area (Å²) in [6, 6.07) is 1.36. The van der Waals surface area contributed by atoms with E-state index in [9.17, 15) is 27.7 Å². The van der Waals surface area contributed by atoms with E-state index < -0.39 is 35.1 Å². The third-order valence-corrected chi connectivity index (χ3v) is 3.56. The van der Waals surface area contributed by atoms with Crippen molar-refractivity contribution in [1.29, 1.82) is 0 Å². The standard InChI is InChI=1S/C13H15F4N3O2.2ClH/c14-9-1-2-11(20(21)22)10(7-9)12(8-13(15,16)17)19-5-3-18-4-6-19;;/h1-2,7,12,18H,3-6,8H2;2*1H/t12-;;/m1../s1. The van der Waals surface area contributed by atoms with Crippen molar-refractivity contribution < 1.29 is 22.5 Å². The molecule has 0 unspecified atom stereocenters. The van der Waals surface area contributed by atoms with Crippen molar-refractivity contribution in [2.24, 2.45) is 0 Å². The summed E-state index contributed by atoms with van der Waals surface area (Å²) in [5.74, 6) is -0.789. The van der Waals surface area contributed by atoms with Crippen LogP contribution in [0.5, 0.6) is 0 Å². The quantitative estimate of drug-likeness (QED) is 0.483. The van der Waals surface area contributed by atoms with Gasteiger partial charge in [-0.15, -0.1) is 24.8 Å². The molecule has 1 N–H and O–H groups in total. The van der Waals surface area contributed by atoms with Crippen LogP contribution in [-0.2, 0) is 0 Å². The van der Waals surface area contributed by atoms with Gasteiger partial charge in [0.05, 0.1) is 22.9 Å². The molecule has 1 aliphatic heterocycles. The molecular weight excluding hydrogens is 377 g/mol. The highest BCUT2D eigenvalue weighted by molar-refractivity contribution is 5.85. The molecule has 11 heteroatoms. The average Bonchev–Trinajstić information content (AvgIpc) is 2.44. The third kappa shape index (κ3) is 6.04. The zero-order valence-corrected chi connectivity index (χ0v) is 14.0. The molecule has 0 aliphatic carbocycles. The summed E-state index contributed by atoms with van der Waals surface area (Å²) < 4.78 is 52.1. The molecular formula is C13H17Cl2F4N3O2. The predicted octanol–water partition coefficient (Wildman–Crippen LogP) is 3.48. The van der Waals surface area contributed by atoms with Gasteiger partial charge in [0.1, 0.15) is 5.82 Å². The fourth-order valence-corrected chi connectivity index (χ4v) is 2.61. The van der Waals surface area contributed by atoms with Crippen molar-refractivity contribution in [3.05, 3.63) is 39.7 Å². The molecule has 138 valence electrons. The van der Waals surface area contributed by atoms with Gasteiger partial charge in [-0.2, -0.15) is 13.2 Å². The third-order valence-electron chi connectivity index (χ3n) is 3.56. The van der Waals surface area contributed by atoms with Crippen molar-refractivity contribution in [2.45, 2.75) is 18.6 Å². The Labute approximate surface area is 148 Å². The van der Waals surface area contributed by atoms with E-state index in [-0.39, 0.29) is 30.4 Å². The Bertz CT molecular complexity index is 555. The first-order chi connectivity index (χ1) is 10.3. The molecule has 1 saturated heterocycles. The Hall–Kier alpha value is -1.16. The molecule has 1 fully saturated rings. The number of nitro groups is 1. The first kappa shape index (κ1) is 22.8. The summed E-state index contributed by atoms with van der Waals surface area (Å²) in [5, 5.41) is 14.1. The van der Waals surface area contributed by atoms with E-state index in [2.05, 4.69) is 5.32 Å². The maximum atomic E-state index is 13.4. The van der Waals surface area contributed by atoms with Gasteiger partial charge in [0.2, 0.25) is 0 Å². The lowest BCUT2D eigenvalue weighted by atomic mass is 9.98. The van der Waals surface area contributed by atoms with Crippen molar-refractivity contribution in [3.63, 3.8) is 0 Å². The minimum atomic E-state index is -4.50. The zero-order chi connectivity index (χ0) is 16.3. The zero-order valence-electron chi connectivity index (χ0n) is 12.4. The largest absolute Gasteiger partial charge is 0.390 e. The van der Waals surface area contributed by atoms with Crippen LogP contribution in [0.1, 0.15) is 18.0 Å². The minimum absolute atomic E-state index is 0. The van der Waals surface area contributed by atoms with Crippen molar-refractivity contribution in [1.82, 2.24) is 10.2 Å². The lowest BCUT2D eigenvalue weighted by molar-refractivity contribution is -0.386. The number of nitrogens with one attached hydrogen (secondary N) is 1. The highest BCUT2D eigenvalue weighted by atomic mass is 35.5. The van der Waals surface area contributed by atoms with Gasteiger partial charge in [0.15, 0.2) is 0 Å². The Balaban J connectivity index is 0.00000264. The van der Waals surface area contributed by atoms with E-state index in [0.717, 1.165) is 18.2 Å². The van der Waals surface area contributed by atoms with Crippen LogP contribution in [0.4, 0.5) is 23.2 Å². The number of halogens is 6. The van der Waals surface area contributed by atoms with Gasteiger partial charge in [-0.1, -0.05) is 0 Å². The van der Waals surface area contributed by atoms with Crippen molar-refractivity contribution >= 4 is 30.5 Å². The summed E-state index contributed by atoms with van der Waals surface area (Å²) in [7, 11) is 0. The first-order valence-electron chi connectivity index (χ1n) is 6.73. The van der Waals surface area contributed by atoms with Gasteiger partial charge >= 0.3 is 6.18 Å². The molecule has 24 heavy (non-hydrogen) atoms. The van der Waals surface area contributed by atoms with Gasteiger partial charge in [-0.3, -0.25) is 15.0 Å². The number of benzene rings is 1. The fourth-order valence-electron chi connectivity index (χ4n) is 2.61. The van der Waals surface area contributed by atoms with E-state index >= 15 is 0 Å². The summed E-state index contributed by atoms with van der Waals surface area (Å²) in [5.41, 5.74) is -0.724. The fraction of sp³-hybridized carbons (Fsp3) is 0.538. The van der Waals surface area contributed by atoms with Gasteiger partial charge in [0.25, 0.3) is 5.69 Å². The lowest BCUT2D eigenvalue weighted by Crippen LogP contribution is -2.46. The smallest absolute Gasteiger partial charge is 0.314 e. The van der Waals surface area contributed by atoms with Crippen LogP contribution in [0.2, 0.25) is 0 Å². The minimum Gasteiger partial charge on any atom is -0.314 e. The van der Waals surface area contributed by atoms with Crippen LogP contribution in [-0.4, -0.2) is 42.2 Å². The molecule has 1 aromatic carbocycles. The van der Waals surface area contributed by atoms with Crippen LogP contribution >= 0.6 is 24.8 Å². The molecule has 1 heterocycles. The van der Waals surface area contributed by atoms with E-state index in [4.69, 9.17) is 0 Å². The normalized spacial score (nSPS) is 16.7. The number of rotatable bonds is 4. The van der Waals surface area contributed by atoms with Crippen LogP contribution in [0.15, 0.2) is 18.2 Å². The summed E-state index contributed by atoms with van der Waals surface area (Å²) in [6.45, 7) is 1.60. The number of nitro benzene ring substituents is 1. The topological polar surface area (TPSA) is 58.4 Å². The maximum Gasteiger partial charge on any atom is 0.390 e. The average molecular weight is 394 g/mol. The second-order valence-corrected chi connectivity index (χ2v) is 5.08. The van der Waals surface area contributed by atoms with E-state index in [1.807, 2.05) is 0 Å². The van der Waals surface area contributed by atoms with E-state index in [0.29, 0.717) is 26.2 Å². The van der Waals surface area contributed by atoms with Crippen molar-refractivity contribution in [2.75, 3.05) is 26.2 Å². The van der Waals surface area contributed by atoms with Crippen LogP contribution in [0.3, 0.4) is 0 Å². The molecule has 5 nitrogen and oxygen atoms in total. The van der Waals surface area contributed by atoms with Crippen molar-refractivity contribution in [3.8, 4) is 0 Å². The molecule has 1 aliphatic rings. The number of hydrogen-bond acceptors (Lipinski definition) is 4. The lowest BCUT2D eigenvalue weighted by Gasteiger charge is -2.35. The highest BCUT2D eigenvalue weighted by Gasteiger charge is 2.38. The molecule has 0 saturated carbocycles. The Morgan fingerprint density at radius 2 is 1.83 bits per heavy atom. The first-order valence-corrected chi connectivity index (χ1v) is 6.73. The molecule has 0 bridgehead atoms. The van der Waals surface area contributed by atoms with Gasteiger partial charge in [-0.25, -0.2) is 4.39 Å². The summed E-state index contributed by atoms with van der Waals surface area (Å²) in [6.07, 6.45) is -5.76. The highest BCUT2D eigenvalue weighted by Crippen LogP contribution is 2.38. The van der Waals surface area contributed by atoms with Crippen LogP contribution in [0.25, 0.3) is 0 Å². The van der Waals surface area contributed by atoms with Gasteiger partial charge < -0.3 is 5.32 Å². The molecule has 0 radical (unpaired) electrons.